The fourth-order valence-electron chi connectivity index (χ4n) is 1.85. The van der Waals surface area contributed by atoms with Gasteiger partial charge in [-0.3, -0.25) is 4.79 Å². The highest BCUT2D eigenvalue weighted by molar-refractivity contribution is 5.75. The van der Waals surface area contributed by atoms with E-state index in [0.717, 1.165) is 6.54 Å². The van der Waals surface area contributed by atoms with Crippen molar-refractivity contribution in [2.45, 2.75) is 12.8 Å². The number of aryl methyl sites for hydroxylation is 1. The van der Waals surface area contributed by atoms with Crippen molar-refractivity contribution in [1.29, 1.82) is 0 Å². The molecule has 1 atom stereocenters. The SMILES string of the molecule is Cn1nnc(CC2(C(=O)O)CCNC2)n1. The summed E-state index contributed by atoms with van der Waals surface area (Å²) in [6, 6.07) is 0. The van der Waals surface area contributed by atoms with Crippen LogP contribution in [0.25, 0.3) is 0 Å². The van der Waals surface area contributed by atoms with Crippen LogP contribution in [0.4, 0.5) is 0 Å². The number of carboxylic acids is 1. The third-order valence-corrected chi connectivity index (χ3v) is 2.74. The summed E-state index contributed by atoms with van der Waals surface area (Å²) in [4.78, 5) is 12.6. The third kappa shape index (κ3) is 1.82. The van der Waals surface area contributed by atoms with E-state index in [1.807, 2.05) is 0 Å². The van der Waals surface area contributed by atoms with Gasteiger partial charge in [-0.15, -0.1) is 10.2 Å². The lowest BCUT2D eigenvalue weighted by molar-refractivity contribution is -0.147. The van der Waals surface area contributed by atoms with Crippen molar-refractivity contribution in [3.8, 4) is 0 Å². The molecule has 1 fully saturated rings. The van der Waals surface area contributed by atoms with Crippen molar-refractivity contribution in [1.82, 2.24) is 25.5 Å². The van der Waals surface area contributed by atoms with Crippen molar-refractivity contribution < 1.29 is 9.90 Å². The number of nitrogens with one attached hydrogen (secondary N) is 1. The number of carboxylic acid groups (broad SMARTS) is 1. The van der Waals surface area contributed by atoms with E-state index in [-0.39, 0.29) is 0 Å². The monoisotopic (exact) mass is 211 g/mol. The average molecular weight is 211 g/mol. The van der Waals surface area contributed by atoms with Crippen LogP contribution in [0, 0.1) is 5.41 Å². The molecule has 7 nitrogen and oxygen atoms in total. The van der Waals surface area contributed by atoms with Crippen LogP contribution in [-0.4, -0.2) is 44.4 Å². The standard InChI is InChI=1S/C8H13N5O2/c1-13-11-6(10-12-13)4-8(7(14)15)2-3-9-5-8/h9H,2-5H2,1H3,(H,14,15). The number of hydrogen-bond donors (Lipinski definition) is 2. The topological polar surface area (TPSA) is 92.9 Å². The smallest absolute Gasteiger partial charge is 0.311 e. The van der Waals surface area contributed by atoms with Crippen LogP contribution in [-0.2, 0) is 18.3 Å². The molecule has 1 saturated heterocycles. The lowest BCUT2D eigenvalue weighted by atomic mass is 9.83. The van der Waals surface area contributed by atoms with E-state index in [0.29, 0.717) is 25.2 Å². The van der Waals surface area contributed by atoms with E-state index < -0.39 is 11.4 Å². The minimum absolute atomic E-state index is 0.336. The Morgan fingerprint density at radius 1 is 1.73 bits per heavy atom. The Bertz CT molecular complexity index is 369. The number of aromatic nitrogens is 4. The fourth-order valence-corrected chi connectivity index (χ4v) is 1.85. The van der Waals surface area contributed by atoms with Gasteiger partial charge >= 0.3 is 5.97 Å². The van der Waals surface area contributed by atoms with Gasteiger partial charge in [0.2, 0.25) is 0 Å². The number of nitrogens with zero attached hydrogens (tertiary/aromatic N) is 4. The summed E-state index contributed by atoms with van der Waals surface area (Å²) in [5.41, 5.74) is -0.761. The number of carbonyl (C=O) groups is 1. The van der Waals surface area contributed by atoms with E-state index in [1.54, 1.807) is 7.05 Å². The number of aliphatic carboxylic acids is 1. The molecule has 0 aliphatic carbocycles. The van der Waals surface area contributed by atoms with Crippen molar-refractivity contribution in [3.05, 3.63) is 5.82 Å². The molecule has 0 bridgehead atoms. The molecule has 0 saturated carbocycles. The van der Waals surface area contributed by atoms with Crippen molar-refractivity contribution in [3.63, 3.8) is 0 Å². The van der Waals surface area contributed by atoms with Crippen LogP contribution in [0.15, 0.2) is 0 Å². The molecule has 1 aliphatic heterocycles. The molecule has 2 N–H and O–H groups in total. The Hall–Kier alpha value is -1.50. The summed E-state index contributed by atoms with van der Waals surface area (Å²) < 4.78 is 0. The molecule has 2 heterocycles. The van der Waals surface area contributed by atoms with Gasteiger partial charge in [0, 0.05) is 13.0 Å². The zero-order valence-electron chi connectivity index (χ0n) is 8.47. The zero-order chi connectivity index (χ0) is 10.9. The maximum atomic E-state index is 11.2. The fraction of sp³-hybridized carbons (Fsp3) is 0.750. The molecule has 1 aromatic rings. The highest BCUT2D eigenvalue weighted by atomic mass is 16.4. The second kappa shape index (κ2) is 3.58. The van der Waals surface area contributed by atoms with Crippen molar-refractivity contribution in [2.24, 2.45) is 12.5 Å². The first-order chi connectivity index (χ1) is 7.12. The molecule has 15 heavy (non-hydrogen) atoms. The Kier molecular flexibility index (Phi) is 2.39. The Morgan fingerprint density at radius 3 is 3.00 bits per heavy atom. The van der Waals surface area contributed by atoms with E-state index in [4.69, 9.17) is 0 Å². The summed E-state index contributed by atoms with van der Waals surface area (Å²) in [6.07, 6.45) is 0.948. The van der Waals surface area contributed by atoms with Crippen LogP contribution in [0.1, 0.15) is 12.2 Å². The summed E-state index contributed by atoms with van der Waals surface area (Å²) in [5.74, 6) is -0.302. The number of hydrogen-bond acceptors (Lipinski definition) is 5. The lowest BCUT2D eigenvalue weighted by Crippen LogP contribution is -2.36. The Labute approximate surface area is 86.5 Å². The van der Waals surface area contributed by atoms with Gasteiger partial charge in [-0.05, 0) is 18.2 Å². The average Bonchev–Trinajstić information content (AvgIpc) is 2.77. The second-order valence-electron chi connectivity index (χ2n) is 3.88. The predicted molar refractivity (Wildman–Crippen MR) is 50.1 cm³/mol. The molecule has 1 aromatic heterocycles. The van der Waals surface area contributed by atoms with Crippen LogP contribution in [0.2, 0.25) is 0 Å². The molecule has 0 radical (unpaired) electrons. The van der Waals surface area contributed by atoms with Gasteiger partial charge < -0.3 is 10.4 Å². The molecule has 2 rings (SSSR count). The third-order valence-electron chi connectivity index (χ3n) is 2.74. The summed E-state index contributed by atoms with van der Waals surface area (Å²) in [6.45, 7) is 1.20. The molecule has 0 amide bonds. The lowest BCUT2D eigenvalue weighted by Gasteiger charge is -2.20. The predicted octanol–water partition coefficient (Wildman–Crippen LogP) is -1.18. The molecule has 82 valence electrons. The van der Waals surface area contributed by atoms with Crippen molar-refractivity contribution >= 4 is 5.97 Å². The van der Waals surface area contributed by atoms with Gasteiger partial charge in [-0.25, -0.2) is 0 Å². The number of rotatable bonds is 3. The minimum atomic E-state index is -0.792. The van der Waals surface area contributed by atoms with E-state index >= 15 is 0 Å². The molecule has 7 heteroatoms. The Morgan fingerprint density at radius 2 is 2.53 bits per heavy atom. The van der Waals surface area contributed by atoms with Crippen LogP contribution in [0.3, 0.4) is 0 Å². The first-order valence-corrected chi connectivity index (χ1v) is 4.79. The van der Waals surface area contributed by atoms with Gasteiger partial charge in [-0.2, -0.15) is 4.80 Å². The summed E-state index contributed by atoms with van der Waals surface area (Å²) in [7, 11) is 1.66. The van der Waals surface area contributed by atoms with E-state index in [1.165, 1.54) is 4.80 Å². The van der Waals surface area contributed by atoms with Gasteiger partial charge in [0.15, 0.2) is 5.82 Å². The van der Waals surface area contributed by atoms with Crippen LogP contribution >= 0.6 is 0 Å². The highest BCUT2D eigenvalue weighted by Gasteiger charge is 2.42. The maximum absolute atomic E-state index is 11.2. The molecular weight excluding hydrogens is 198 g/mol. The molecule has 1 aliphatic rings. The largest absolute Gasteiger partial charge is 0.481 e. The van der Waals surface area contributed by atoms with Crippen LogP contribution in [0.5, 0.6) is 0 Å². The first-order valence-electron chi connectivity index (χ1n) is 4.79. The van der Waals surface area contributed by atoms with Gasteiger partial charge in [0.1, 0.15) is 0 Å². The molecular formula is C8H13N5O2. The minimum Gasteiger partial charge on any atom is -0.481 e. The number of tetrazole rings is 1. The quantitative estimate of drug-likeness (QED) is 0.653. The second-order valence-corrected chi connectivity index (χ2v) is 3.88. The highest BCUT2D eigenvalue weighted by Crippen LogP contribution is 2.29. The zero-order valence-corrected chi connectivity index (χ0v) is 8.47. The van der Waals surface area contributed by atoms with E-state index in [9.17, 15) is 9.90 Å². The summed E-state index contributed by atoms with van der Waals surface area (Å²) >= 11 is 0. The van der Waals surface area contributed by atoms with Crippen LogP contribution < -0.4 is 5.32 Å². The first kappa shape index (κ1) is 10.0. The van der Waals surface area contributed by atoms with Gasteiger partial charge in [0.25, 0.3) is 0 Å². The molecule has 1 unspecified atom stereocenters. The Balaban J connectivity index is 2.17. The normalized spacial score (nSPS) is 25.7. The summed E-state index contributed by atoms with van der Waals surface area (Å²) in [5, 5.41) is 23.8. The molecule has 0 spiro atoms. The van der Waals surface area contributed by atoms with Crippen molar-refractivity contribution in [2.75, 3.05) is 13.1 Å². The van der Waals surface area contributed by atoms with E-state index in [2.05, 4.69) is 20.7 Å². The maximum Gasteiger partial charge on any atom is 0.311 e. The van der Waals surface area contributed by atoms with Gasteiger partial charge in [0.05, 0.1) is 12.5 Å². The van der Waals surface area contributed by atoms with Gasteiger partial charge in [-0.1, -0.05) is 0 Å². The molecule has 0 aromatic carbocycles.